The van der Waals surface area contributed by atoms with Crippen LogP contribution in [0.1, 0.15) is 66.7 Å². The Morgan fingerprint density at radius 3 is 2.61 bits per heavy atom. The third-order valence-electron chi connectivity index (χ3n) is 5.17. The van der Waals surface area contributed by atoms with Gasteiger partial charge in [0.2, 0.25) is 11.8 Å². The Balaban J connectivity index is 2.20. The average molecular weight is 387 g/mol. The third kappa shape index (κ3) is 4.97. The Bertz CT molecular complexity index is 747. The summed E-state index contributed by atoms with van der Waals surface area (Å²) < 4.78 is 0. The predicted octanol–water partition coefficient (Wildman–Crippen LogP) is 2.39. The van der Waals surface area contributed by atoms with E-state index in [1.807, 2.05) is 6.07 Å². The van der Waals surface area contributed by atoms with Crippen molar-refractivity contribution < 1.29 is 19.2 Å². The van der Waals surface area contributed by atoms with Gasteiger partial charge < -0.3 is 9.80 Å². The standard InChI is InChI=1S/C21H29N3O4/c1-4-6-7-12-24(5-2)16-8-9-17(15(13-16)14-25)21(28)23(3)18-10-11-19(26)22-20(18)27/h8-9,13-14,18H,4-7,10-12H2,1-3H3,(H,22,26,27). The van der Waals surface area contributed by atoms with Crippen molar-refractivity contribution in [1.29, 1.82) is 0 Å². The van der Waals surface area contributed by atoms with Crippen molar-refractivity contribution in [2.45, 2.75) is 52.0 Å². The van der Waals surface area contributed by atoms with E-state index in [0.717, 1.165) is 38.0 Å². The molecule has 1 heterocycles. The molecule has 0 aliphatic carbocycles. The van der Waals surface area contributed by atoms with Crippen LogP contribution in [0.3, 0.4) is 0 Å². The van der Waals surface area contributed by atoms with Gasteiger partial charge in [-0.15, -0.1) is 0 Å². The lowest BCUT2D eigenvalue weighted by Crippen LogP contribution is -2.53. The van der Waals surface area contributed by atoms with Gasteiger partial charge in [-0.1, -0.05) is 19.8 Å². The van der Waals surface area contributed by atoms with E-state index in [9.17, 15) is 19.2 Å². The number of hydrogen-bond donors (Lipinski definition) is 1. The second-order valence-electron chi connectivity index (χ2n) is 7.06. The van der Waals surface area contributed by atoms with Crippen molar-refractivity contribution in [3.8, 4) is 0 Å². The molecular weight excluding hydrogens is 358 g/mol. The molecule has 7 nitrogen and oxygen atoms in total. The molecule has 7 heteroatoms. The molecule has 1 atom stereocenters. The Morgan fingerprint density at radius 1 is 1.25 bits per heavy atom. The first-order valence-electron chi connectivity index (χ1n) is 9.87. The van der Waals surface area contributed by atoms with Crippen LogP contribution in [0.25, 0.3) is 0 Å². The van der Waals surface area contributed by atoms with Crippen LogP contribution in [0.15, 0.2) is 18.2 Å². The molecule has 0 saturated carbocycles. The summed E-state index contributed by atoms with van der Waals surface area (Å²) in [5.74, 6) is -1.22. The van der Waals surface area contributed by atoms with Crippen LogP contribution < -0.4 is 10.2 Å². The summed E-state index contributed by atoms with van der Waals surface area (Å²) in [7, 11) is 1.52. The van der Waals surface area contributed by atoms with Crippen LogP contribution in [-0.4, -0.2) is 55.1 Å². The number of nitrogens with zero attached hydrogens (tertiary/aromatic N) is 2. The van der Waals surface area contributed by atoms with Gasteiger partial charge in [0.1, 0.15) is 6.04 Å². The normalized spacial score (nSPS) is 16.5. The van der Waals surface area contributed by atoms with Gasteiger partial charge in [-0.05, 0) is 38.0 Å². The highest BCUT2D eigenvalue weighted by atomic mass is 16.2. The van der Waals surface area contributed by atoms with E-state index in [-0.39, 0.29) is 24.3 Å². The number of benzene rings is 1. The number of rotatable bonds is 9. The molecule has 2 rings (SSSR count). The zero-order valence-electron chi connectivity index (χ0n) is 16.9. The molecule has 28 heavy (non-hydrogen) atoms. The third-order valence-corrected chi connectivity index (χ3v) is 5.17. The molecule has 0 aromatic heterocycles. The maximum absolute atomic E-state index is 12.9. The minimum Gasteiger partial charge on any atom is -0.372 e. The first kappa shape index (κ1) is 21.6. The molecule has 1 aliphatic rings. The molecule has 0 spiro atoms. The van der Waals surface area contributed by atoms with E-state index >= 15 is 0 Å². The molecule has 1 fully saturated rings. The fourth-order valence-corrected chi connectivity index (χ4v) is 3.44. The monoisotopic (exact) mass is 387 g/mol. The van der Waals surface area contributed by atoms with Gasteiger partial charge in [0.15, 0.2) is 6.29 Å². The van der Waals surface area contributed by atoms with Gasteiger partial charge in [-0.25, -0.2) is 0 Å². The Hall–Kier alpha value is -2.70. The van der Waals surface area contributed by atoms with Gasteiger partial charge in [-0.3, -0.25) is 24.5 Å². The molecular formula is C21H29N3O4. The average Bonchev–Trinajstić information content (AvgIpc) is 2.70. The summed E-state index contributed by atoms with van der Waals surface area (Å²) >= 11 is 0. The summed E-state index contributed by atoms with van der Waals surface area (Å²) in [5.41, 5.74) is 1.46. The summed E-state index contributed by atoms with van der Waals surface area (Å²) in [6.45, 7) is 5.92. The van der Waals surface area contributed by atoms with Gasteiger partial charge in [-0.2, -0.15) is 0 Å². The van der Waals surface area contributed by atoms with Crippen molar-refractivity contribution in [1.82, 2.24) is 10.2 Å². The molecule has 1 N–H and O–H groups in total. The summed E-state index contributed by atoms with van der Waals surface area (Å²) in [6.07, 6.45) is 4.50. The highest BCUT2D eigenvalue weighted by Gasteiger charge is 2.33. The first-order chi connectivity index (χ1) is 13.4. The van der Waals surface area contributed by atoms with Crippen molar-refractivity contribution >= 4 is 29.7 Å². The number of anilines is 1. The molecule has 1 aromatic rings. The van der Waals surface area contributed by atoms with E-state index < -0.39 is 17.9 Å². The van der Waals surface area contributed by atoms with Gasteiger partial charge in [0.05, 0.1) is 5.56 Å². The fourth-order valence-electron chi connectivity index (χ4n) is 3.44. The predicted molar refractivity (Wildman–Crippen MR) is 108 cm³/mol. The van der Waals surface area contributed by atoms with Crippen LogP contribution in [0, 0.1) is 0 Å². The number of imide groups is 1. The lowest BCUT2D eigenvalue weighted by Gasteiger charge is -2.30. The van der Waals surface area contributed by atoms with E-state index in [0.29, 0.717) is 11.8 Å². The van der Waals surface area contributed by atoms with Crippen LogP contribution in [0.5, 0.6) is 0 Å². The number of piperidine rings is 1. The molecule has 3 amide bonds. The second-order valence-corrected chi connectivity index (χ2v) is 7.06. The Kier molecular flexibility index (Phi) is 7.72. The largest absolute Gasteiger partial charge is 0.372 e. The van der Waals surface area contributed by atoms with E-state index in [2.05, 4.69) is 24.1 Å². The van der Waals surface area contributed by atoms with Crippen LogP contribution >= 0.6 is 0 Å². The fraction of sp³-hybridized carbons (Fsp3) is 0.524. The Morgan fingerprint density at radius 2 is 2.00 bits per heavy atom. The van der Waals surface area contributed by atoms with E-state index in [1.54, 1.807) is 12.1 Å². The van der Waals surface area contributed by atoms with Gasteiger partial charge in [0, 0.05) is 37.8 Å². The number of nitrogens with one attached hydrogen (secondary N) is 1. The highest BCUT2D eigenvalue weighted by Crippen LogP contribution is 2.22. The van der Waals surface area contributed by atoms with Crippen LogP contribution in [-0.2, 0) is 9.59 Å². The Labute approximate surface area is 166 Å². The zero-order chi connectivity index (χ0) is 20.7. The van der Waals surface area contributed by atoms with Crippen molar-refractivity contribution in [3.05, 3.63) is 29.3 Å². The molecule has 152 valence electrons. The van der Waals surface area contributed by atoms with Crippen molar-refractivity contribution in [3.63, 3.8) is 0 Å². The molecule has 1 aromatic carbocycles. The second kappa shape index (κ2) is 10.0. The minimum atomic E-state index is -0.717. The minimum absolute atomic E-state index is 0.191. The quantitative estimate of drug-likeness (QED) is 0.399. The molecule has 0 radical (unpaired) electrons. The number of hydrogen-bond acceptors (Lipinski definition) is 5. The van der Waals surface area contributed by atoms with Gasteiger partial charge in [0.25, 0.3) is 5.91 Å². The first-order valence-corrected chi connectivity index (χ1v) is 9.87. The molecule has 0 bridgehead atoms. The van der Waals surface area contributed by atoms with Crippen LogP contribution in [0.4, 0.5) is 5.69 Å². The maximum Gasteiger partial charge on any atom is 0.255 e. The van der Waals surface area contributed by atoms with Crippen molar-refractivity contribution in [2.75, 3.05) is 25.0 Å². The lowest BCUT2D eigenvalue weighted by atomic mass is 10.0. The molecule has 1 saturated heterocycles. The van der Waals surface area contributed by atoms with Gasteiger partial charge >= 0.3 is 0 Å². The summed E-state index contributed by atoms with van der Waals surface area (Å²) in [6, 6.07) is 4.50. The number of aldehydes is 1. The number of carbonyl (C=O) groups is 4. The van der Waals surface area contributed by atoms with E-state index in [1.165, 1.54) is 11.9 Å². The number of carbonyl (C=O) groups excluding carboxylic acids is 4. The van der Waals surface area contributed by atoms with E-state index in [4.69, 9.17) is 0 Å². The topological polar surface area (TPSA) is 86.8 Å². The smallest absolute Gasteiger partial charge is 0.255 e. The molecule has 1 aliphatic heterocycles. The summed E-state index contributed by atoms with van der Waals surface area (Å²) in [4.78, 5) is 51.4. The lowest BCUT2D eigenvalue weighted by molar-refractivity contribution is -0.136. The van der Waals surface area contributed by atoms with Crippen LogP contribution in [0.2, 0.25) is 0 Å². The van der Waals surface area contributed by atoms with Crippen molar-refractivity contribution in [2.24, 2.45) is 0 Å². The zero-order valence-corrected chi connectivity index (χ0v) is 16.9. The number of amides is 3. The maximum atomic E-state index is 12.9. The molecule has 1 unspecified atom stereocenters. The highest BCUT2D eigenvalue weighted by molar-refractivity contribution is 6.06. The number of likely N-dealkylation sites (N-methyl/N-ethyl adjacent to an activating group) is 1. The summed E-state index contributed by atoms with van der Waals surface area (Å²) in [5, 5.41) is 2.25. The number of unbranched alkanes of at least 4 members (excludes halogenated alkanes) is 2. The SMILES string of the molecule is CCCCCN(CC)c1ccc(C(=O)N(C)C2CCC(=O)NC2=O)c(C=O)c1.